The summed E-state index contributed by atoms with van der Waals surface area (Å²) in [4.78, 5) is 55.9. The van der Waals surface area contributed by atoms with Crippen LogP contribution in [0.2, 0.25) is 0 Å². The van der Waals surface area contributed by atoms with Crippen LogP contribution in [0.1, 0.15) is 85.0 Å². The fourth-order valence-electron chi connectivity index (χ4n) is 4.59. The number of nitrogens with one attached hydrogen (secondary N) is 2. The molecule has 3 unspecified atom stereocenters. The zero-order valence-corrected chi connectivity index (χ0v) is 27.6. The first-order valence-electron chi connectivity index (χ1n) is 15.0. The van der Waals surface area contributed by atoms with Gasteiger partial charge in [-0.2, -0.15) is 0 Å². The number of amides is 3. The maximum atomic E-state index is 14.3. The van der Waals surface area contributed by atoms with Crippen molar-refractivity contribution in [1.82, 2.24) is 15.5 Å². The Labute approximate surface area is 262 Å². The van der Waals surface area contributed by atoms with Gasteiger partial charge >= 0.3 is 12.1 Å². The van der Waals surface area contributed by atoms with E-state index in [4.69, 9.17) is 9.47 Å². The van der Waals surface area contributed by atoms with Crippen LogP contribution in [0.4, 0.5) is 4.79 Å². The topological polar surface area (TPSA) is 114 Å². The van der Waals surface area contributed by atoms with Crippen molar-refractivity contribution >= 4 is 30.0 Å². The van der Waals surface area contributed by atoms with E-state index >= 15 is 0 Å². The maximum Gasteiger partial charge on any atom is 0.408 e. The number of carbonyl (C=O) groups excluding carboxylic acids is 4. The number of nitrogens with zero attached hydrogens (tertiary/aromatic N) is 1. The van der Waals surface area contributed by atoms with Crippen molar-refractivity contribution in [3.05, 3.63) is 77.9 Å². The van der Waals surface area contributed by atoms with E-state index in [-0.39, 0.29) is 18.9 Å². The van der Waals surface area contributed by atoms with Crippen LogP contribution in [0.15, 0.2) is 61.2 Å². The van der Waals surface area contributed by atoms with E-state index in [1.165, 1.54) is 4.90 Å². The van der Waals surface area contributed by atoms with Gasteiger partial charge in [-0.3, -0.25) is 9.59 Å². The molecule has 0 aliphatic carbocycles. The molecule has 9 heteroatoms. The number of benzene rings is 2. The smallest absolute Gasteiger partial charge is 0.408 e. The largest absolute Gasteiger partial charge is 0.458 e. The third-order valence-electron chi connectivity index (χ3n) is 6.54. The summed E-state index contributed by atoms with van der Waals surface area (Å²) in [5.74, 6) is -1.93. The number of rotatable bonds is 12. The highest BCUT2D eigenvalue weighted by Crippen LogP contribution is 2.26. The zero-order valence-electron chi connectivity index (χ0n) is 27.6. The molecule has 0 fully saturated rings. The van der Waals surface area contributed by atoms with E-state index in [2.05, 4.69) is 17.2 Å². The Morgan fingerprint density at radius 2 is 1.50 bits per heavy atom. The third kappa shape index (κ3) is 11.2. The van der Waals surface area contributed by atoms with Crippen LogP contribution in [0.3, 0.4) is 0 Å². The Morgan fingerprint density at radius 3 is 2.02 bits per heavy atom. The minimum absolute atomic E-state index is 0.143. The van der Waals surface area contributed by atoms with Gasteiger partial charge in [-0.15, -0.1) is 0 Å². The van der Waals surface area contributed by atoms with Crippen LogP contribution < -0.4 is 10.6 Å². The van der Waals surface area contributed by atoms with E-state index in [9.17, 15) is 19.2 Å². The molecule has 2 aromatic carbocycles. The molecular formula is C35H49N3O6. The first-order valence-corrected chi connectivity index (χ1v) is 15.0. The van der Waals surface area contributed by atoms with Crippen molar-refractivity contribution in [2.45, 2.75) is 98.1 Å². The highest BCUT2D eigenvalue weighted by Gasteiger charge is 2.38. The molecular weight excluding hydrogens is 558 g/mol. The van der Waals surface area contributed by atoms with Crippen LogP contribution in [0.25, 0.3) is 6.08 Å². The van der Waals surface area contributed by atoms with Crippen LogP contribution in [0, 0.1) is 5.92 Å². The molecule has 0 spiro atoms. The highest BCUT2D eigenvalue weighted by molar-refractivity contribution is 5.94. The van der Waals surface area contributed by atoms with E-state index in [1.54, 1.807) is 86.6 Å². The Morgan fingerprint density at radius 1 is 0.886 bits per heavy atom. The lowest BCUT2D eigenvalue weighted by atomic mass is 9.97. The molecule has 0 radical (unpaired) electrons. The van der Waals surface area contributed by atoms with Gasteiger partial charge in [-0.25, -0.2) is 9.59 Å². The Hall–Kier alpha value is -4.14. The third-order valence-corrected chi connectivity index (χ3v) is 6.54. The summed E-state index contributed by atoms with van der Waals surface area (Å²) in [7, 11) is 0. The van der Waals surface area contributed by atoms with Gasteiger partial charge in [0.25, 0.3) is 0 Å². The number of ether oxygens (including phenoxy) is 2. The van der Waals surface area contributed by atoms with E-state index in [0.29, 0.717) is 5.56 Å². The zero-order chi connectivity index (χ0) is 33.2. The lowest BCUT2D eigenvalue weighted by molar-refractivity contribution is -0.159. The molecule has 0 saturated carbocycles. The SMILES string of the molecule is C=Cc1cccc(C(C(=O)NC(Cc2ccccc2)C(=O)OC(C)(C)C)N(CC)C(=O)C(NC(=O)OC(C)(C)C)C(C)C)c1. The molecule has 3 amide bonds. The van der Waals surface area contributed by atoms with E-state index in [0.717, 1.165) is 11.1 Å². The molecule has 3 atom stereocenters. The summed E-state index contributed by atoms with van der Waals surface area (Å²) in [5, 5.41) is 5.59. The van der Waals surface area contributed by atoms with Crippen molar-refractivity contribution < 1.29 is 28.7 Å². The van der Waals surface area contributed by atoms with Crippen molar-refractivity contribution in [3.8, 4) is 0 Å². The van der Waals surface area contributed by atoms with Crippen molar-refractivity contribution in [2.24, 2.45) is 5.92 Å². The quantitative estimate of drug-likeness (QED) is 0.293. The number of alkyl carbamates (subject to hydrolysis) is 1. The second-order valence-corrected chi connectivity index (χ2v) is 13.1. The fourth-order valence-corrected chi connectivity index (χ4v) is 4.59. The van der Waals surface area contributed by atoms with Gasteiger partial charge < -0.3 is 25.0 Å². The predicted octanol–water partition coefficient (Wildman–Crippen LogP) is 5.84. The average molecular weight is 608 g/mol. The van der Waals surface area contributed by atoms with Gasteiger partial charge in [-0.1, -0.05) is 75.0 Å². The molecule has 44 heavy (non-hydrogen) atoms. The Bertz CT molecular complexity index is 1290. The Kier molecular flexibility index (Phi) is 12.7. The monoisotopic (exact) mass is 607 g/mol. The number of esters is 1. The molecule has 0 saturated heterocycles. The minimum Gasteiger partial charge on any atom is -0.458 e. The fraction of sp³-hybridized carbons (Fsp3) is 0.486. The van der Waals surface area contributed by atoms with Gasteiger partial charge in [0, 0.05) is 13.0 Å². The number of hydrogen-bond donors (Lipinski definition) is 2. The predicted molar refractivity (Wildman–Crippen MR) is 173 cm³/mol. The molecule has 0 heterocycles. The second kappa shape index (κ2) is 15.5. The van der Waals surface area contributed by atoms with Crippen molar-refractivity contribution in [3.63, 3.8) is 0 Å². The van der Waals surface area contributed by atoms with Crippen LogP contribution in [-0.2, 0) is 30.3 Å². The van der Waals surface area contributed by atoms with Gasteiger partial charge in [0.1, 0.15) is 29.3 Å². The van der Waals surface area contributed by atoms with Gasteiger partial charge in [0.05, 0.1) is 0 Å². The lowest BCUT2D eigenvalue weighted by Crippen LogP contribution is -2.56. The van der Waals surface area contributed by atoms with Crippen LogP contribution in [-0.4, -0.2) is 58.6 Å². The molecule has 0 aliphatic rings. The molecule has 0 aromatic heterocycles. The molecule has 2 aromatic rings. The summed E-state index contributed by atoms with van der Waals surface area (Å²) in [6, 6.07) is 13.3. The highest BCUT2D eigenvalue weighted by atomic mass is 16.6. The van der Waals surface area contributed by atoms with Gasteiger partial charge in [-0.05, 0) is 77.1 Å². The normalized spacial score (nSPS) is 13.7. The van der Waals surface area contributed by atoms with Crippen LogP contribution >= 0.6 is 0 Å². The second-order valence-electron chi connectivity index (χ2n) is 13.1. The summed E-state index contributed by atoms with van der Waals surface area (Å²) >= 11 is 0. The average Bonchev–Trinajstić information content (AvgIpc) is 2.92. The molecule has 2 N–H and O–H groups in total. The number of carbonyl (C=O) groups is 4. The Balaban J connectivity index is 2.56. The molecule has 0 aliphatic heterocycles. The van der Waals surface area contributed by atoms with Crippen molar-refractivity contribution in [2.75, 3.05) is 6.54 Å². The first-order chi connectivity index (χ1) is 20.5. The number of likely N-dealkylation sites (N-methyl/N-ethyl adjacent to an activating group) is 1. The first kappa shape index (κ1) is 36.1. The van der Waals surface area contributed by atoms with E-state index < -0.39 is 53.2 Å². The van der Waals surface area contributed by atoms with Gasteiger partial charge in [0.15, 0.2) is 0 Å². The summed E-state index contributed by atoms with van der Waals surface area (Å²) in [5.41, 5.74) is 0.569. The summed E-state index contributed by atoms with van der Waals surface area (Å²) in [6.45, 7) is 19.8. The minimum atomic E-state index is -1.13. The van der Waals surface area contributed by atoms with E-state index in [1.807, 2.05) is 36.4 Å². The van der Waals surface area contributed by atoms with Crippen molar-refractivity contribution in [1.29, 1.82) is 0 Å². The lowest BCUT2D eigenvalue weighted by Gasteiger charge is -2.35. The maximum absolute atomic E-state index is 14.3. The molecule has 240 valence electrons. The van der Waals surface area contributed by atoms with Crippen LogP contribution in [0.5, 0.6) is 0 Å². The standard InChI is InChI=1S/C35H49N3O6/c1-11-24-19-16-20-26(21-24)29(38(12-2)31(40)28(23(3)4)37-33(42)44-35(8,9)10)30(39)36-27(32(41)43-34(5,6)7)22-25-17-14-13-15-18-25/h11,13-21,23,27-29H,1,12,22H2,2-10H3,(H,36,39)(H,37,42). The molecule has 9 nitrogen and oxygen atoms in total. The molecule has 0 bridgehead atoms. The number of hydrogen-bond acceptors (Lipinski definition) is 6. The summed E-state index contributed by atoms with van der Waals surface area (Å²) in [6.07, 6.45) is 1.11. The molecule has 2 rings (SSSR count). The van der Waals surface area contributed by atoms with Gasteiger partial charge in [0.2, 0.25) is 11.8 Å². The summed E-state index contributed by atoms with van der Waals surface area (Å²) < 4.78 is 11.1.